The normalized spacial score (nSPS) is 11.7. The SMILES string of the molecule is COc1ccc(/C(C#N)=C\c2ccccc2)c(S(=O)(=O)O)c1OC. The van der Waals surface area contributed by atoms with E-state index in [1.54, 1.807) is 24.3 Å². The first-order valence-corrected chi connectivity index (χ1v) is 8.26. The molecule has 0 fully saturated rings. The van der Waals surface area contributed by atoms with Crippen LogP contribution in [0.4, 0.5) is 0 Å². The zero-order valence-corrected chi connectivity index (χ0v) is 13.9. The van der Waals surface area contributed by atoms with Crippen LogP contribution in [0.15, 0.2) is 47.4 Å². The Morgan fingerprint density at radius 1 is 1.12 bits per heavy atom. The maximum Gasteiger partial charge on any atom is 0.299 e. The second-order valence-electron chi connectivity index (χ2n) is 4.73. The predicted molar refractivity (Wildman–Crippen MR) is 89.3 cm³/mol. The van der Waals surface area contributed by atoms with Crippen molar-refractivity contribution in [2.75, 3.05) is 14.2 Å². The molecule has 6 nitrogen and oxygen atoms in total. The van der Waals surface area contributed by atoms with Crippen LogP contribution < -0.4 is 9.47 Å². The van der Waals surface area contributed by atoms with Crippen LogP contribution in [0.25, 0.3) is 11.6 Å². The molecule has 0 saturated carbocycles. The maximum atomic E-state index is 11.9. The summed E-state index contributed by atoms with van der Waals surface area (Å²) in [6.45, 7) is 0. The van der Waals surface area contributed by atoms with E-state index in [2.05, 4.69) is 0 Å². The van der Waals surface area contributed by atoms with Crippen LogP contribution >= 0.6 is 0 Å². The molecule has 0 saturated heterocycles. The Hall–Kier alpha value is -2.82. The number of hydrogen-bond donors (Lipinski definition) is 1. The molecule has 2 aromatic rings. The lowest BCUT2D eigenvalue weighted by atomic mass is 10.0. The molecule has 0 amide bonds. The molecular formula is C17H15NO5S. The molecule has 0 aliphatic carbocycles. The van der Waals surface area contributed by atoms with Crippen molar-refractivity contribution in [1.29, 1.82) is 5.26 Å². The third kappa shape index (κ3) is 3.56. The highest BCUT2D eigenvalue weighted by atomic mass is 32.2. The van der Waals surface area contributed by atoms with Crippen molar-refractivity contribution in [2.45, 2.75) is 4.90 Å². The number of allylic oxidation sites excluding steroid dienone is 1. The van der Waals surface area contributed by atoms with Gasteiger partial charge in [-0.25, -0.2) is 0 Å². The smallest absolute Gasteiger partial charge is 0.299 e. The van der Waals surface area contributed by atoms with E-state index in [-0.39, 0.29) is 22.6 Å². The zero-order valence-electron chi connectivity index (χ0n) is 13.1. The topological polar surface area (TPSA) is 96.6 Å². The Morgan fingerprint density at radius 2 is 1.79 bits per heavy atom. The van der Waals surface area contributed by atoms with Crippen molar-refractivity contribution in [3.63, 3.8) is 0 Å². The minimum absolute atomic E-state index is 0.0292. The number of methoxy groups -OCH3 is 2. The Morgan fingerprint density at radius 3 is 2.29 bits per heavy atom. The average molecular weight is 345 g/mol. The molecule has 24 heavy (non-hydrogen) atoms. The van der Waals surface area contributed by atoms with Crippen molar-refractivity contribution in [1.82, 2.24) is 0 Å². The van der Waals surface area contributed by atoms with Gasteiger partial charge in [0, 0.05) is 5.56 Å². The standard InChI is InChI=1S/C17H15NO5S/c1-22-15-9-8-14(17(16(15)23-2)24(19,20)21)13(11-18)10-12-6-4-3-5-7-12/h3-10H,1-2H3,(H,19,20,21)/b13-10-. The quantitative estimate of drug-likeness (QED) is 0.508. The highest BCUT2D eigenvalue weighted by Gasteiger charge is 2.26. The van der Waals surface area contributed by atoms with Gasteiger partial charge >= 0.3 is 0 Å². The summed E-state index contributed by atoms with van der Waals surface area (Å²) in [6, 6.07) is 13.8. The van der Waals surface area contributed by atoms with Gasteiger partial charge in [0.05, 0.1) is 25.9 Å². The van der Waals surface area contributed by atoms with Gasteiger partial charge in [0.2, 0.25) is 0 Å². The Bertz CT molecular complexity index is 912. The molecule has 0 radical (unpaired) electrons. The van der Waals surface area contributed by atoms with E-state index in [0.717, 1.165) is 0 Å². The van der Waals surface area contributed by atoms with E-state index >= 15 is 0 Å². The number of nitriles is 1. The summed E-state index contributed by atoms with van der Waals surface area (Å²) in [4.78, 5) is -0.506. The fourth-order valence-electron chi connectivity index (χ4n) is 2.25. The summed E-state index contributed by atoms with van der Waals surface area (Å²) < 4.78 is 43.5. The maximum absolute atomic E-state index is 11.9. The summed E-state index contributed by atoms with van der Waals surface area (Å²) in [5.74, 6) is -0.0300. The van der Waals surface area contributed by atoms with E-state index in [0.29, 0.717) is 5.56 Å². The van der Waals surface area contributed by atoms with Gasteiger partial charge in [-0.05, 0) is 23.8 Å². The third-order valence-electron chi connectivity index (χ3n) is 3.28. The lowest BCUT2D eigenvalue weighted by Crippen LogP contribution is -2.07. The number of rotatable bonds is 5. The molecule has 0 atom stereocenters. The summed E-state index contributed by atoms with van der Waals surface area (Å²) in [6.07, 6.45) is 1.52. The van der Waals surface area contributed by atoms with Crippen molar-refractivity contribution in [3.8, 4) is 17.6 Å². The first-order valence-electron chi connectivity index (χ1n) is 6.82. The molecule has 0 spiro atoms. The second kappa shape index (κ2) is 7.17. The van der Waals surface area contributed by atoms with Crippen LogP contribution in [-0.2, 0) is 10.1 Å². The number of ether oxygens (including phenoxy) is 2. The van der Waals surface area contributed by atoms with Gasteiger partial charge in [0.15, 0.2) is 11.5 Å². The van der Waals surface area contributed by atoms with Gasteiger partial charge < -0.3 is 9.47 Å². The molecule has 1 N–H and O–H groups in total. The van der Waals surface area contributed by atoms with Gasteiger partial charge in [-0.2, -0.15) is 13.7 Å². The van der Waals surface area contributed by atoms with Crippen LogP contribution in [0.3, 0.4) is 0 Å². The van der Waals surface area contributed by atoms with Crippen molar-refractivity contribution >= 4 is 21.8 Å². The number of nitrogens with zero attached hydrogens (tertiary/aromatic N) is 1. The molecule has 0 aliphatic rings. The van der Waals surface area contributed by atoms with Crippen LogP contribution in [0.2, 0.25) is 0 Å². The third-order valence-corrected chi connectivity index (χ3v) is 4.20. The lowest BCUT2D eigenvalue weighted by Gasteiger charge is -2.14. The Labute approximate surface area is 140 Å². The van der Waals surface area contributed by atoms with Gasteiger partial charge in [-0.1, -0.05) is 30.3 Å². The first-order chi connectivity index (χ1) is 11.4. The Kier molecular flexibility index (Phi) is 5.24. The predicted octanol–water partition coefficient (Wildman–Crippen LogP) is 3.01. The van der Waals surface area contributed by atoms with Gasteiger partial charge in [-0.3, -0.25) is 4.55 Å². The monoisotopic (exact) mass is 345 g/mol. The lowest BCUT2D eigenvalue weighted by molar-refractivity contribution is 0.344. The fourth-order valence-corrected chi connectivity index (χ4v) is 3.13. The van der Waals surface area contributed by atoms with E-state index in [4.69, 9.17) is 9.47 Å². The van der Waals surface area contributed by atoms with Gasteiger partial charge in [0.25, 0.3) is 10.1 Å². The zero-order chi connectivity index (χ0) is 17.7. The van der Waals surface area contributed by atoms with Crippen molar-refractivity contribution in [2.24, 2.45) is 0 Å². The van der Waals surface area contributed by atoms with E-state index in [9.17, 15) is 18.2 Å². The van der Waals surface area contributed by atoms with Crippen molar-refractivity contribution < 1.29 is 22.4 Å². The average Bonchev–Trinajstić information content (AvgIpc) is 2.58. The van der Waals surface area contributed by atoms with E-state index in [1.807, 2.05) is 12.1 Å². The minimum Gasteiger partial charge on any atom is -0.493 e. The minimum atomic E-state index is -4.65. The molecule has 0 aliphatic heterocycles. The molecule has 2 rings (SSSR count). The fraction of sp³-hybridized carbons (Fsp3) is 0.118. The van der Waals surface area contributed by atoms with Gasteiger partial charge in [0.1, 0.15) is 4.90 Å². The van der Waals surface area contributed by atoms with Crippen LogP contribution in [0, 0.1) is 11.3 Å². The summed E-state index contributed by atoms with van der Waals surface area (Å²) in [5.41, 5.74) is 0.807. The van der Waals surface area contributed by atoms with Crippen LogP contribution in [0.5, 0.6) is 11.5 Å². The van der Waals surface area contributed by atoms with Crippen molar-refractivity contribution in [3.05, 3.63) is 53.6 Å². The second-order valence-corrected chi connectivity index (χ2v) is 6.09. The molecule has 0 heterocycles. The van der Waals surface area contributed by atoms with E-state index < -0.39 is 15.0 Å². The molecule has 2 aromatic carbocycles. The highest BCUT2D eigenvalue weighted by molar-refractivity contribution is 7.86. The summed E-state index contributed by atoms with van der Waals surface area (Å²) in [5, 5.41) is 9.45. The number of benzene rings is 2. The van der Waals surface area contributed by atoms with Crippen LogP contribution in [0.1, 0.15) is 11.1 Å². The molecule has 124 valence electrons. The molecule has 0 bridgehead atoms. The first kappa shape index (κ1) is 17.5. The summed E-state index contributed by atoms with van der Waals surface area (Å²) >= 11 is 0. The van der Waals surface area contributed by atoms with Gasteiger partial charge in [-0.15, -0.1) is 0 Å². The van der Waals surface area contributed by atoms with E-state index in [1.165, 1.54) is 32.4 Å². The Balaban J connectivity index is 2.78. The summed E-state index contributed by atoms with van der Waals surface area (Å²) in [7, 11) is -2.06. The molecule has 7 heteroatoms. The highest BCUT2D eigenvalue weighted by Crippen LogP contribution is 2.39. The molecule has 0 aromatic heterocycles. The number of hydrogen-bond acceptors (Lipinski definition) is 5. The molecule has 0 unspecified atom stereocenters. The van der Waals surface area contributed by atoms with Crippen LogP contribution in [-0.4, -0.2) is 27.2 Å². The molecular weight excluding hydrogens is 330 g/mol. The largest absolute Gasteiger partial charge is 0.493 e.